The molecule has 2 aliphatic rings. The molecule has 33 heavy (non-hydrogen) atoms. The molecule has 5 rings (SSSR count). The maximum absolute atomic E-state index is 13.5. The van der Waals surface area contributed by atoms with Crippen LogP contribution in [0.25, 0.3) is 10.8 Å². The monoisotopic (exact) mass is 509 g/mol. The van der Waals surface area contributed by atoms with Crippen molar-refractivity contribution in [2.75, 3.05) is 32.6 Å². The first kappa shape index (κ1) is 21.6. The van der Waals surface area contributed by atoms with E-state index < -0.39 is 5.66 Å². The van der Waals surface area contributed by atoms with E-state index in [2.05, 4.69) is 26.6 Å². The highest BCUT2D eigenvalue weighted by Gasteiger charge is 2.41. The van der Waals surface area contributed by atoms with Crippen molar-refractivity contribution in [3.63, 3.8) is 0 Å². The highest BCUT2D eigenvalue weighted by molar-refractivity contribution is 9.10. The van der Waals surface area contributed by atoms with Gasteiger partial charge in [0.2, 0.25) is 0 Å². The molecule has 2 aliphatic heterocycles. The standard InChI is InChI=1S/C25H24BrN3O4/c1-32-21-5-3-4-15-12-22(33-2)19(14-17(15)21)24(31)29-10-8-25(9-11-29)27-20-7-6-16(26)13-18(20)23(30)28-25/h3-7,12-14,27H,8-11H2,1-2H3,(H,28,30). The summed E-state index contributed by atoms with van der Waals surface area (Å²) in [5, 5.41) is 8.43. The number of anilines is 1. The zero-order chi connectivity index (χ0) is 23.2. The molecule has 170 valence electrons. The number of hydrogen-bond donors (Lipinski definition) is 2. The maximum atomic E-state index is 13.5. The van der Waals surface area contributed by atoms with Crippen molar-refractivity contribution >= 4 is 44.2 Å². The summed E-state index contributed by atoms with van der Waals surface area (Å²) in [5.41, 5.74) is 1.36. The van der Waals surface area contributed by atoms with Crippen LogP contribution in [0.4, 0.5) is 5.69 Å². The van der Waals surface area contributed by atoms with Gasteiger partial charge in [-0.2, -0.15) is 0 Å². The topological polar surface area (TPSA) is 79.9 Å². The molecule has 0 atom stereocenters. The van der Waals surface area contributed by atoms with Crippen molar-refractivity contribution in [2.24, 2.45) is 0 Å². The Morgan fingerprint density at radius 1 is 1.00 bits per heavy atom. The smallest absolute Gasteiger partial charge is 0.257 e. The van der Waals surface area contributed by atoms with Crippen molar-refractivity contribution in [3.05, 3.63) is 64.1 Å². The molecule has 1 fully saturated rings. The van der Waals surface area contributed by atoms with Gasteiger partial charge in [-0.05, 0) is 41.8 Å². The van der Waals surface area contributed by atoms with Crippen LogP contribution in [0.2, 0.25) is 0 Å². The highest BCUT2D eigenvalue weighted by Crippen LogP contribution is 2.35. The van der Waals surface area contributed by atoms with Crippen LogP contribution in [-0.4, -0.2) is 49.7 Å². The molecule has 0 bridgehead atoms. The summed E-state index contributed by atoms with van der Waals surface area (Å²) in [4.78, 5) is 28.0. The number of nitrogens with one attached hydrogen (secondary N) is 2. The molecule has 7 nitrogen and oxygen atoms in total. The molecule has 3 aromatic carbocycles. The molecule has 1 spiro atoms. The number of benzene rings is 3. The molecule has 2 amide bonds. The summed E-state index contributed by atoms with van der Waals surface area (Å²) in [6.45, 7) is 1.01. The van der Waals surface area contributed by atoms with Gasteiger partial charge < -0.3 is 25.0 Å². The van der Waals surface area contributed by atoms with Crippen LogP contribution in [0, 0.1) is 0 Å². The van der Waals surface area contributed by atoms with Gasteiger partial charge in [-0.3, -0.25) is 9.59 Å². The van der Waals surface area contributed by atoms with Crippen LogP contribution in [0.15, 0.2) is 53.0 Å². The number of ether oxygens (including phenoxy) is 2. The van der Waals surface area contributed by atoms with E-state index in [0.29, 0.717) is 48.6 Å². The minimum Gasteiger partial charge on any atom is -0.496 e. The fourth-order valence-corrected chi connectivity index (χ4v) is 5.05. The Labute approximate surface area is 200 Å². The molecular weight excluding hydrogens is 486 g/mol. The molecule has 0 radical (unpaired) electrons. The van der Waals surface area contributed by atoms with Crippen LogP contribution >= 0.6 is 15.9 Å². The van der Waals surface area contributed by atoms with E-state index in [4.69, 9.17) is 9.47 Å². The predicted octanol–water partition coefficient (Wildman–Crippen LogP) is 4.41. The Hall–Kier alpha value is -3.26. The van der Waals surface area contributed by atoms with Gasteiger partial charge >= 0.3 is 0 Å². The number of fused-ring (bicyclic) bond motifs is 2. The molecule has 2 heterocycles. The molecule has 2 N–H and O–H groups in total. The number of piperidine rings is 1. The summed E-state index contributed by atoms with van der Waals surface area (Å²) >= 11 is 3.42. The van der Waals surface area contributed by atoms with Crippen molar-refractivity contribution in [1.82, 2.24) is 10.2 Å². The Morgan fingerprint density at radius 3 is 2.48 bits per heavy atom. The molecule has 1 saturated heterocycles. The first-order valence-electron chi connectivity index (χ1n) is 10.8. The van der Waals surface area contributed by atoms with E-state index in [1.54, 1.807) is 14.2 Å². The summed E-state index contributed by atoms with van der Waals surface area (Å²) in [6, 6.07) is 15.1. The minimum atomic E-state index is -0.564. The second-order valence-corrected chi connectivity index (χ2v) is 9.29. The number of halogens is 1. The van der Waals surface area contributed by atoms with Gasteiger partial charge in [0.25, 0.3) is 11.8 Å². The SMILES string of the molecule is COc1cc2cccc(OC)c2cc1C(=O)N1CCC2(CC1)NC(=O)c1cc(Br)ccc1N2. The van der Waals surface area contributed by atoms with E-state index >= 15 is 0 Å². The largest absolute Gasteiger partial charge is 0.496 e. The van der Waals surface area contributed by atoms with E-state index in [-0.39, 0.29) is 11.8 Å². The number of hydrogen-bond acceptors (Lipinski definition) is 5. The minimum absolute atomic E-state index is 0.0963. The van der Waals surface area contributed by atoms with Gasteiger partial charge in [-0.25, -0.2) is 0 Å². The lowest BCUT2D eigenvalue weighted by Gasteiger charge is -2.46. The number of likely N-dealkylation sites (tertiary alicyclic amines) is 1. The lowest BCUT2D eigenvalue weighted by molar-refractivity contribution is 0.0637. The molecule has 0 unspecified atom stereocenters. The van der Waals surface area contributed by atoms with Crippen LogP contribution in [0.1, 0.15) is 33.6 Å². The van der Waals surface area contributed by atoms with E-state index in [0.717, 1.165) is 20.9 Å². The third-order valence-corrected chi connectivity index (χ3v) is 6.96. The Balaban J connectivity index is 1.39. The van der Waals surface area contributed by atoms with Crippen LogP contribution < -0.4 is 20.1 Å². The molecule has 0 aliphatic carbocycles. The van der Waals surface area contributed by atoms with Gasteiger partial charge in [0.15, 0.2) is 0 Å². The molecule has 0 aromatic heterocycles. The van der Waals surface area contributed by atoms with E-state index in [1.807, 2.05) is 53.4 Å². The summed E-state index contributed by atoms with van der Waals surface area (Å²) < 4.78 is 11.9. The number of amides is 2. The van der Waals surface area contributed by atoms with Crippen LogP contribution in [0.5, 0.6) is 11.5 Å². The summed E-state index contributed by atoms with van der Waals surface area (Å²) in [6.07, 6.45) is 1.19. The highest BCUT2D eigenvalue weighted by atomic mass is 79.9. The van der Waals surface area contributed by atoms with Crippen LogP contribution in [-0.2, 0) is 0 Å². The maximum Gasteiger partial charge on any atom is 0.257 e. The van der Waals surface area contributed by atoms with Crippen molar-refractivity contribution in [1.29, 1.82) is 0 Å². The second-order valence-electron chi connectivity index (χ2n) is 8.38. The van der Waals surface area contributed by atoms with Gasteiger partial charge in [-0.1, -0.05) is 28.1 Å². The number of carbonyl (C=O) groups is 2. The van der Waals surface area contributed by atoms with Gasteiger partial charge in [0.1, 0.15) is 17.2 Å². The lowest BCUT2D eigenvalue weighted by atomic mass is 9.92. The third-order valence-electron chi connectivity index (χ3n) is 6.47. The predicted molar refractivity (Wildman–Crippen MR) is 130 cm³/mol. The third kappa shape index (κ3) is 3.78. The number of carbonyl (C=O) groups excluding carboxylic acids is 2. The van der Waals surface area contributed by atoms with E-state index in [1.165, 1.54) is 0 Å². The van der Waals surface area contributed by atoms with Gasteiger partial charge in [-0.15, -0.1) is 0 Å². The average molecular weight is 510 g/mol. The quantitative estimate of drug-likeness (QED) is 0.546. The number of methoxy groups -OCH3 is 2. The van der Waals surface area contributed by atoms with Crippen molar-refractivity contribution in [3.8, 4) is 11.5 Å². The molecule has 0 saturated carbocycles. The van der Waals surface area contributed by atoms with Crippen molar-refractivity contribution in [2.45, 2.75) is 18.5 Å². The normalized spacial score (nSPS) is 16.7. The fourth-order valence-electron chi connectivity index (χ4n) is 4.69. The number of nitrogens with zero attached hydrogens (tertiary/aromatic N) is 1. The Bertz CT molecular complexity index is 1270. The lowest BCUT2D eigenvalue weighted by Crippen LogP contribution is -2.62. The van der Waals surface area contributed by atoms with Gasteiger partial charge in [0.05, 0.1) is 25.3 Å². The summed E-state index contributed by atoms with van der Waals surface area (Å²) in [5.74, 6) is 1.04. The van der Waals surface area contributed by atoms with E-state index in [9.17, 15) is 9.59 Å². The zero-order valence-electron chi connectivity index (χ0n) is 18.4. The molecule has 8 heteroatoms. The molecular formula is C25H24BrN3O4. The average Bonchev–Trinajstić information content (AvgIpc) is 2.83. The Kier molecular flexibility index (Phi) is 5.40. The first-order chi connectivity index (χ1) is 15.9. The van der Waals surface area contributed by atoms with Crippen molar-refractivity contribution < 1.29 is 19.1 Å². The zero-order valence-corrected chi connectivity index (χ0v) is 20.0. The number of rotatable bonds is 3. The van der Waals surface area contributed by atoms with Gasteiger partial charge in [0, 0.05) is 41.5 Å². The first-order valence-corrected chi connectivity index (χ1v) is 11.6. The Morgan fingerprint density at radius 2 is 1.76 bits per heavy atom. The van der Waals surface area contributed by atoms with Crippen LogP contribution in [0.3, 0.4) is 0 Å². The molecule has 3 aromatic rings. The second kappa shape index (κ2) is 8.26. The fraction of sp³-hybridized carbons (Fsp3) is 0.280. The summed E-state index contributed by atoms with van der Waals surface area (Å²) in [7, 11) is 3.19.